The Morgan fingerprint density at radius 2 is 2.08 bits per heavy atom. The molecule has 0 saturated heterocycles. The summed E-state index contributed by atoms with van der Waals surface area (Å²) in [5.74, 6) is 10.5. The van der Waals surface area contributed by atoms with E-state index in [1.165, 1.54) is 28.6 Å². The van der Waals surface area contributed by atoms with Crippen LogP contribution in [0.1, 0.15) is 39.9 Å². The minimum absolute atomic E-state index is 0.0384. The number of fused-ring (bicyclic) bond motifs is 1. The molecule has 1 aliphatic carbocycles. The minimum Gasteiger partial charge on any atom is -0.464 e. The van der Waals surface area contributed by atoms with Gasteiger partial charge < -0.3 is 9.64 Å². The minimum atomic E-state index is -3.84. The maximum atomic E-state index is 12.8. The molecule has 3 rings (SSSR count). The smallest absolute Gasteiger partial charge is 0.320 e. The van der Waals surface area contributed by atoms with Crippen molar-refractivity contribution in [1.82, 2.24) is 15.3 Å². The highest BCUT2D eigenvalue weighted by atomic mass is 32.2. The van der Waals surface area contributed by atoms with Crippen molar-refractivity contribution in [2.24, 2.45) is 11.8 Å². The van der Waals surface area contributed by atoms with E-state index in [2.05, 4.69) is 23.7 Å². The number of amides is 2. The molecule has 0 aromatic carbocycles. The lowest BCUT2D eigenvalue weighted by Gasteiger charge is -2.27. The molecule has 0 bridgehead atoms. The predicted molar refractivity (Wildman–Crippen MR) is 133 cm³/mol. The van der Waals surface area contributed by atoms with Crippen LogP contribution in [-0.2, 0) is 30.7 Å². The second-order valence-electron chi connectivity index (χ2n) is 9.43. The molecule has 0 spiro atoms. The number of hydrogen-bond acceptors (Lipinski definition) is 9. The number of rotatable bonds is 9. The van der Waals surface area contributed by atoms with Crippen molar-refractivity contribution in [1.29, 1.82) is 0 Å². The van der Waals surface area contributed by atoms with Crippen LogP contribution in [0.4, 0.5) is 0 Å². The number of sulfone groups is 1. The van der Waals surface area contributed by atoms with Crippen LogP contribution in [0, 0.1) is 35.5 Å². The lowest BCUT2D eigenvalue weighted by atomic mass is 10.1. The number of carbonyl (C=O) groups excluding carboxylic acids is 3. The molecule has 2 amide bonds. The molecule has 0 radical (unpaired) electrons. The van der Waals surface area contributed by atoms with E-state index in [4.69, 9.17) is 9.94 Å². The Bertz CT molecular complexity index is 1280. The quantitative estimate of drug-likeness (QED) is 0.202. The van der Waals surface area contributed by atoms with Crippen molar-refractivity contribution < 1.29 is 32.7 Å². The van der Waals surface area contributed by atoms with Gasteiger partial charge in [0.15, 0.2) is 14.6 Å². The van der Waals surface area contributed by atoms with Crippen LogP contribution in [-0.4, -0.2) is 86.0 Å². The Balaban J connectivity index is 1.52. The first-order valence-corrected chi connectivity index (χ1v) is 13.9. The third-order valence-electron chi connectivity index (χ3n) is 6.24. The second-order valence-corrected chi connectivity index (χ2v) is 12.9. The van der Waals surface area contributed by atoms with Gasteiger partial charge in [-0.2, -0.15) is 0 Å². The number of hydroxylamine groups is 1. The number of nitrogens with zero attached hydrogens (tertiary/aromatic N) is 2. The molecule has 1 aliphatic heterocycles. The van der Waals surface area contributed by atoms with E-state index in [0.717, 1.165) is 18.2 Å². The topological polar surface area (TPSA) is 133 Å². The van der Waals surface area contributed by atoms with Gasteiger partial charge in [0.1, 0.15) is 0 Å². The maximum absolute atomic E-state index is 12.8. The Kier molecular flexibility index (Phi) is 8.47. The van der Waals surface area contributed by atoms with Crippen molar-refractivity contribution in [2.45, 2.75) is 31.1 Å². The fourth-order valence-corrected chi connectivity index (χ4v) is 5.50. The Morgan fingerprint density at radius 1 is 1.36 bits per heavy atom. The lowest BCUT2D eigenvalue weighted by molar-refractivity contribution is -0.144. The fourth-order valence-electron chi connectivity index (χ4n) is 3.66. The molecule has 2 aliphatic rings. The summed E-state index contributed by atoms with van der Waals surface area (Å²) in [6.07, 6.45) is 1.64. The number of thiophene rings is 1. The number of nitrogens with one attached hydrogen (secondary N) is 1. The molecule has 2 N–H and O–H groups in total. The summed E-state index contributed by atoms with van der Waals surface area (Å²) in [7, 11) is -0.231. The highest BCUT2D eigenvalue weighted by Gasteiger charge is 2.44. The summed E-state index contributed by atoms with van der Waals surface area (Å²) in [4.78, 5) is 40.8. The number of esters is 1. The monoisotopic (exact) mass is 535 g/mol. The zero-order valence-electron chi connectivity index (χ0n) is 20.6. The molecule has 1 unspecified atom stereocenters. The third-order valence-corrected chi connectivity index (χ3v) is 9.35. The van der Waals surface area contributed by atoms with Gasteiger partial charge in [0.05, 0.1) is 22.9 Å². The number of likely N-dealkylation sites (N-methyl/N-ethyl adjacent to an activating group) is 1. The predicted octanol–water partition coefficient (Wildman–Crippen LogP) is 0.499. The second kappa shape index (κ2) is 11.0. The van der Waals surface area contributed by atoms with Crippen LogP contribution in [0.3, 0.4) is 0 Å². The van der Waals surface area contributed by atoms with Gasteiger partial charge in [-0.25, -0.2) is 13.9 Å². The first-order chi connectivity index (χ1) is 16.9. The van der Waals surface area contributed by atoms with E-state index in [-0.39, 0.29) is 49.8 Å². The SMILES string of the molecule is CN(C)CC(=O)OC[C@H]1C[C@@H]1C#CC#Cc1cc2c(s1)C(=O)N(CCC(C)(C(=O)NO)S(C)(=O)=O)C2. The van der Waals surface area contributed by atoms with Crippen LogP contribution in [0.2, 0.25) is 0 Å². The van der Waals surface area contributed by atoms with Gasteiger partial charge in [0.2, 0.25) is 0 Å². The molecule has 2 heterocycles. The summed E-state index contributed by atoms with van der Waals surface area (Å²) >= 11 is 1.24. The van der Waals surface area contributed by atoms with E-state index < -0.39 is 20.5 Å². The average Bonchev–Trinajstić information content (AvgIpc) is 3.33. The van der Waals surface area contributed by atoms with Gasteiger partial charge in [-0.15, -0.1) is 11.3 Å². The largest absolute Gasteiger partial charge is 0.464 e. The molecule has 1 fully saturated rings. The van der Waals surface area contributed by atoms with Gasteiger partial charge in [-0.05, 0) is 63.3 Å². The van der Waals surface area contributed by atoms with Crippen LogP contribution < -0.4 is 5.48 Å². The first-order valence-electron chi connectivity index (χ1n) is 11.2. The van der Waals surface area contributed by atoms with Gasteiger partial charge >= 0.3 is 5.97 Å². The molecule has 1 aromatic rings. The molecule has 3 atom stereocenters. The van der Waals surface area contributed by atoms with Crippen LogP contribution in [0.15, 0.2) is 6.07 Å². The Hall–Kier alpha value is -2.90. The normalized spacial score (nSPS) is 19.9. The standard InChI is InChI=1S/C24H29N3O7S2/c1-24(23(30)25-31,36(4,32)33)9-10-27-13-17-12-19(35-21(17)22(27)29)8-6-5-7-16-11-18(16)15-34-20(28)14-26(2)3/h12,16,18,31H,9-11,13-15H2,1-4H3,(H,25,30)/t16-,18+,24?/m0/s1. The van der Waals surface area contributed by atoms with E-state index >= 15 is 0 Å². The zero-order valence-corrected chi connectivity index (χ0v) is 22.2. The van der Waals surface area contributed by atoms with E-state index in [1.807, 2.05) is 6.07 Å². The number of ether oxygens (including phenoxy) is 1. The summed E-state index contributed by atoms with van der Waals surface area (Å²) in [5, 5.41) is 8.94. The fraction of sp³-hybridized carbons (Fsp3) is 0.542. The van der Waals surface area contributed by atoms with Gasteiger partial charge in [-0.3, -0.25) is 24.5 Å². The van der Waals surface area contributed by atoms with E-state index in [0.29, 0.717) is 16.4 Å². The maximum Gasteiger partial charge on any atom is 0.320 e. The zero-order chi connectivity index (χ0) is 26.7. The van der Waals surface area contributed by atoms with Crippen LogP contribution in [0.5, 0.6) is 0 Å². The van der Waals surface area contributed by atoms with E-state index in [9.17, 15) is 22.8 Å². The summed E-state index contributed by atoms with van der Waals surface area (Å²) < 4.78 is 27.6. The Morgan fingerprint density at radius 3 is 2.69 bits per heavy atom. The lowest BCUT2D eigenvalue weighted by Crippen LogP contribution is -2.50. The van der Waals surface area contributed by atoms with E-state index in [1.54, 1.807) is 19.0 Å². The highest BCUT2D eigenvalue weighted by Crippen LogP contribution is 2.38. The molecule has 1 aromatic heterocycles. The summed E-state index contributed by atoms with van der Waals surface area (Å²) in [6, 6.07) is 1.81. The van der Waals surface area contributed by atoms with Crippen LogP contribution >= 0.6 is 11.3 Å². The highest BCUT2D eigenvalue weighted by molar-refractivity contribution is 7.92. The molecular weight excluding hydrogens is 506 g/mol. The molecule has 12 heteroatoms. The van der Waals surface area contributed by atoms with Crippen molar-refractivity contribution in [3.05, 3.63) is 21.4 Å². The van der Waals surface area contributed by atoms with Crippen molar-refractivity contribution in [3.63, 3.8) is 0 Å². The van der Waals surface area contributed by atoms with Gasteiger partial charge in [0, 0.05) is 31.2 Å². The molecule has 194 valence electrons. The molecular formula is C24H29N3O7S2. The van der Waals surface area contributed by atoms with Gasteiger partial charge in [-0.1, -0.05) is 5.92 Å². The summed E-state index contributed by atoms with van der Waals surface area (Å²) in [5.41, 5.74) is 2.19. The summed E-state index contributed by atoms with van der Waals surface area (Å²) in [6.45, 7) is 2.16. The molecule has 10 nitrogen and oxygen atoms in total. The molecule has 36 heavy (non-hydrogen) atoms. The van der Waals surface area contributed by atoms with Crippen molar-refractivity contribution in [3.8, 4) is 23.7 Å². The van der Waals surface area contributed by atoms with Crippen LogP contribution in [0.25, 0.3) is 0 Å². The molecule has 1 saturated carbocycles. The number of carbonyl (C=O) groups is 3. The van der Waals surface area contributed by atoms with Crippen molar-refractivity contribution >= 4 is 39.0 Å². The average molecular weight is 536 g/mol. The van der Waals surface area contributed by atoms with Gasteiger partial charge in [0.25, 0.3) is 11.8 Å². The first kappa shape index (κ1) is 27.7. The third kappa shape index (κ3) is 6.45. The number of hydrogen-bond donors (Lipinski definition) is 2. The van der Waals surface area contributed by atoms with Crippen molar-refractivity contribution in [2.75, 3.05) is 40.0 Å². The Labute approximate surface area is 214 Å².